The van der Waals surface area contributed by atoms with Gasteiger partial charge >= 0.3 is 0 Å². The lowest BCUT2D eigenvalue weighted by Crippen LogP contribution is -2.27. The molecule has 0 unspecified atom stereocenters. The molecule has 0 fully saturated rings. The third kappa shape index (κ3) is 5.42. The third-order valence-electron chi connectivity index (χ3n) is 3.65. The van der Waals surface area contributed by atoms with Gasteiger partial charge in [-0.15, -0.1) is 10.2 Å². The van der Waals surface area contributed by atoms with E-state index in [9.17, 15) is 9.18 Å². The SMILES string of the molecule is O=C(CSc1nnc(Cc2ccccc2)o1)NCCc1ccccc1F. The number of carbonyl (C=O) groups excluding carboxylic acids is 1. The number of nitrogens with zero attached hydrogens (tertiary/aromatic N) is 2. The van der Waals surface area contributed by atoms with Crippen molar-refractivity contribution in [3.05, 3.63) is 77.4 Å². The smallest absolute Gasteiger partial charge is 0.277 e. The number of aromatic nitrogens is 2. The molecule has 0 atom stereocenters. The number of halogens is 1. The van der Waals surface area contributed by atoms with E-state index < -0.39 is 0 Å². The molecule has 1 amide bonds. The average Bonchev–Trinajstić information content (AvgIpc) is 3.10. The first-order valence-corrected chi connectivity index (χ1v) is 9.18. The molecule has 1 heterocycles. The molecule has 1 N–H and O–H groups in total. The van der Waals surface area contributed by atoms with E-state index in [1.165, 1.54) is 17.8 Å². The number of hydrogen-bond donors (Lipinski definition) is 1. The van der Waals surface area contributed by atoms with Crippen LogP contribution in [0.3, 0.4) is 0 Å². The zero-order valence-corrected chi connectivity index (χ0v) is 14.8. The maximum absolute atomic E-state index is 13.5. The van der Waals surface area contributed by atoms with Crippen molar-refractivity contribution < 1.29 is 13.6 Å². The summed E-state index contributed by atoms with van der Waals surface area (Å²) in [5, 5.41) is 11.1. The molecule has 0 spiro atoms. The molecule has 5 nitrogen and oxygen atoms in total. The Hall–Kier alpha value is -2.67. The van der Waals surface area contributed by atoms with Gasteiger partial charge in [0.15, 0.2) is 0 Å². The standard InChI is InChI=1S/C19H18FN3O2S/c20-16-9-5-4-8-15(16)10-11-21-17(24)13-26-19-23-22-18(25-19)12-14-6-2-1-3-7-14/h1-9H,10-13H2,(H,21,24). The number of benzene rings is 2. The highest BCUT2D eigenvalue weighted by Gasteiger charge is 2.10. The van der Waals surface area contributed by atoms with Crippen molar-refractivity contribution in [1.82, 2.24) is 15.5 Å². The average molecular weight is 371 g/mol. The fourth-order valence-corrected chi connectivity index (χ4v) is 2.96. The van der Waals surface area contributed by atoms with Crippen LogP contribution >= 0.6 is 11.8 Å². The molecule has 0 radical (unpaired) electrons. The molecule has 0 aliphatic rings. The molecule has 2 aromatic carbocycles. The van der Waals surface area contributed by atoms with Crippen LogP contribution in [0.25, 0.3) is 0 Å². The van der Waals surface area contributed by atoms with Gasteiger partial charge in [0.1, 0.15) is 5.82 Å². The van der Waals surface area contributed by atoms with E-state index in [1.807, 2.05) is 30.3 Å². The van der Waals surface area contributed by atoms with E-state index in [2.05, 4.69) is 15.5 Å². The Kier molecular flexibility index (Phi) is 6.38. The predicted molar refractivity (Wildman–Crippen MR) is 97.4 cm³/mol. The number of hydrogen-bond acceptors (Lipinski definition) is 5. The number of rotatable bonds is 8. The highest BCUT2D eigenvalue weighted by atomic mass is 32.2. The molecule has 0 saturated heterocycles. The molecular formula is C19H18FN3O2S. The molecule has 26 heavy (non-hydrogen) atoms. The molecule has 134 valence electrons. The minimum Gasteiger partial charge on any atom is -0.416 e. The molecule has 3 aromatic rings. The van der Waals surface area contributed by atoms with Crippen LogP contribution in [0.15, 0.2) is 64.2 Å². The van der Waals surface area contributed by atoms with Crippen LogP contribution in [-0.2, 0) is 17.6 Å². The maximum atomic E-state index is 13.5. The van der Waals surface area contributed by atoms with Gasteiger partial charge in [0.2, 0.25) is 11.8 Å². The van der Waals surface area contributed by atoms with E-state index in [0.717, 1.165) is 5.56 Å². The second-order valence-corrected chi connectivity index (χ2v) is 6.53. The summed E-state index contributed by atoms with van der Waals surface area (Å²) in [6, 6.07) is 16.4. The monoisotopic (exact) mass is 371 g/mol. The summed E-state index contributed by atoms with van der Waals surface area (Å²) in [7, 11) is 0. The first-order chi connectivity index (χ1) is 12.7. The Morgan fingerprint density at radius 1 is 1.08 bits per heavy atom. The number of nitrogens with one attached hydrogen (secondary N) is 1. The van der Waals surface area contributed by atoms with E-state index in [1.54, 1.807) is 18.2 Å². The third-order valence-corrected chi connectivity index (χ3v) is 4.47. The van der Waals surface area contributed by atoms with Gasteiger partial charge in [-0.2, -0.15) is 0 Å². The predicted octanol–water partition coefficient (Wildman–Crippen LogP) is 3.25. The van der Waals surface area contributed by atoms with Gasteiger partial charge in [0, 0.05) is 6.54 Å². The van der Waals surface area contributed by atoms with Gasteiger partial charge in [-0.05, 0) is 23.6 Å². The van der Waals surface area contributed by atoms with Gasteiger partial charge < -0.3 is 9.73 Å². The Bertz CT molecular complexity index is 855. The molecule has 0 bridgehead atoms. The van der Waals surface area contributed by atoms with Crippen molar-refractivity contribution in [2.24, 2.45) is 0 Å². The fourth-order valence-electron chi connectivity index (χ4n) is 2.35. The molecular weight excluding hydrogens is 353 g/mol. The van der Waals surface area contributed by atoms with Crippen molar-refractivity contribution in [3.63, 3.8) is 0 Å². The Morgan fingerprint density at radius 3 is 2.65 bits per heavy atom. The highest BCUT2D eigenvalue weighted by Crippen LogP contribution is 2.17. The van der Waals surface area contributed by atoms with E-state index >= 15 is 0 Å². The number of carbonyl (C=O) groups is 1. The van der Waals surface area contributed by atoms with Crippen molar-refractivity contribution in [2.75, 3.05) is 12.3 Å². The zero-order chi connectivity index (χ0) is 18.2. The highest BCUT2D eigenvalue weighted by molar-refractivity contribution is 7.99. The summed E-state index contributed by atoms with van der Waals surface area (Å²) in [4.78, 5) is 11.9. The first kappa shape index (κ1) is 18.1. The van der Waals surface area contributed by atoms with Gasteiger partial charge in [0.25, 0.3) is 5.22 Å². The quantitative estimate of drug-likeness (QED) is 0.616. The van der Waals surface area contributed by atoms with Gasteiger partial charge in [-0.25, -0.2) is 4.39 Å². The van der Waals surface area contributed by atoms with E-state index in [0.29, 0.717) is 36.1 Å². The second-order valence-electron chi connectivity index (χ2n) is 5.60. The van der Waals surface area contributed by atoms with Crippen molar-refractivity contribution in [3.8, 4) is 0 Å². The lowest BCUT2D eigenvalue weighted by molar-refractivity contribution is -0.118. The topological polar surface area (TPSA) is 68.0 Å². The maximum Gasteiger partial charge on any atom is 0.277 e. The summed E-state index contributed by atoms with van der Waals surface area (Å²) in [6.07, 6.45) is 1.01. The van der Waals surface area contributed by atoms with Crippen LogP contribution < -0.4 is 5.32 Å². The largest absolute Gasteiger partial charge is 0.416 e. The Morgan fingerprint density at radius 2 is 1.85 bits per heavy atom. The minimum atomic E-state index is -0.257. The van der Waals surface area contributed by atoms with Crippen molar-refractivity contribution >= 4 is 17.7 Å². The first-order valence-electron chi connectivity index (χ1n) is 8.20. The zero-order valence-electron chi connectivity index (χ0n) is 14.0. The Balaban J connectivity index is 1.40. The van der Waals surface area contributed by atoms with Gasteiger partial charge in [-0.3, -0.25) is 4.79 Å². The molecule has 0 saturated carbocycles. The Labute approximate surface area is 155 Å². The van der Waals surface area contributed by atoms with Gasteiger partial charge in [-0.1, -0.05) is 60.3 Å². The molecule has 1 aromatic heterocycles. The molecule has 0 aliphatic carbocycles. The molecule has 3 rings (SSSR count). The van der Waals surface area contributed by atoms with E-state index in [4.69, 9.17) is 4.42 Å². The van der Waals surface area contributed by atoms with Crippen LogP contribution in [0.5, 0.6) is 0 Å². The molecule has 7 heteroatoms. The summed E-state index contributed by atoms with van der Waals surface area (Å²) in [5.74, 6) is 0.269. The van der Waals surface area contributed by atoms with Crippen LogP contribution in [-0.4, -0.2) is 28.4 Å². The lowest BCUT2D eigenvalue weighted by Gasteiger charge is -2.05. The van der Waals surface area contributed by atoms with Crippen molar-refractivity contribution in [2.45, 2.75) is 18.1 Å². The minimum absolute atomic E-state index is 0.158. The second kappa shape index (κ2) is 9.15. The summed E-state index contributed by atoms with van der Waals surface area (Å²) in [6.45, 7) is 0.378. The van der Waals surface area contributed by atoms with Gasteiger partial charge in [0.05, 0.1) is 12.2 Å². The number of amides is 1. The fraction of sp³-hybridized carbons (Fsp3) is 0.211. The lowest BCUT2D eigenvalue weighted by atomic mass is 10.1. The summed E-state index contributed by atoms with van der Waals surface area (Å²) < 4.78 is 19.0. The van der Waals surface area contributed by atoms with Crippen molar-refractivity contribution in [1.29, 1.82) is 0 Å². The summed E-state index contributed by atoms with van der Waals surface area (Å²) in [5.41, 5.74) is 1.67. The molecule has 0 aliphatic heterocycles. The van der Waals surface area contributed by atoms with Crippen LogP contribution in [0.2, 0.25) is 0 Å². The van der Waals surface area contributed by atoms with Crippen LogP contribution in [0.4, 0.5) is 4.39 Å². The van der Waals surface area contributed by atoms with E-state index in [-0.39, 0.29) is 17.5 Å². The normalized spacial score (nSPS) is 10.7. The van der Waals surface area contributed by atoms with Crippen LogP contribution in [0.1, 0.15) is 17.0 Å². The van der Waals surface area contributed by atoms with Crippen LogP contribution in [0, 0.1) is 5.82 Å². The number of thioether (sulfide) groups is 1. The summed E-state index contributed by atoms with van der Waals surface area (Å²) >= 11 is 1.18.